The van der Waals surface area contributed by atoms with Gasteiger partial charge in [0, 0.05) is 24.8 Å². The highest BCUT2D eigenvalue weighted by Gasteiger charge is 2.30. The van der Waals surface area contributed by atoms with Gasteiger partial charge in [0.05, 0.1) is 23.7 Å². The molecule has 0 spiro atoms. The lowest BCUT2D eigenvalue weighted by Crippen LogP contribution is -2.43. The molecule has 3 rings (SSSR count). The van der Waals surface area contributed by atoms with Gasteiger partial charge in [0.2, 0.25) is 11.9 Å². The van der Waals surface area contributed by atoms with Crippen molar-refractivity contribution in [1.29, 1.82) is 0 Å². The Morgan fingerprint density at radius 3 is 2.72 bits per heavy atom. The van der Waals surface area contributed by atoms with Crippen LogP contribution in [0.1, 0.15) is 32.6 Å². The number of nitrogens with zero attached hydrogens (tertiary/aromatic N) is 5. The first kappa shape index (κ1) is 20.5. The summed E-state index contributed by atoms with van der Waals surface area (Å²) in [5, 5.41) is 15.5. The third kappa shape index (κ3) is 4.27. The van der Waals surface area contributed by atoms with Gasteiger partial charge in [-0.1, -0.05) is 0 Å². The number of hydrogen-bond donors (Lipinski definition) is 4. The van der Waals surface area contributed by atoms with E-state index in [-0.39, 0.29) is 19.2 Å². The summed E-state index contributed by atoms with van der Waals surface area (Å²) in [5.74, 6) is 1.80. The van der Waals surface area contributed by atoms with Gasteiger partial charge < -0.3 is 26.0 Å². The summed E-state index contributed by atoms with van der Waals surface area (Å²) < 4.78 is 2.15. The number of fused-ring (bicyclic) bond motifs is 1. The normalized spacial score (nSPS) is 13.4. The van der Waals surface area contributed by atoms with Crippen molar-refractivity contribution in [2.75, 3.05) is 23.8 Å². The smallest absolute Gasteiger partial charge is 0.227 e. The molecule has 0 bridgehead atoms. The molecule has 0 aliphatic rings. The van der Waals surface area contributed by atoms with Crippen molar-refractivity contribution in [3.63, 3.8) is 0 Å². The zero-order chi connectivity index (χ0) is 21.2. The number of aromatic nitrogens is 5. The van der Waals surface area contributed by atoms with Crippen molar-refractivity contribution in [2.45, 2.75) is 33.7 Å². The fraction of sp³-hybridized carbons (Fsp3) is 0.421. The standard InChI is InChI=1S/C19H26N8O2/c1-11(2)27-12(3)24-13-8-22-16(7-14(13)27)25-15-5-6-21-18(26-15)23-9-19(4,10-28)17(20)29/h5-8,11,28H,9-10H2,1-4H3,(H2,20,29)(H2,21,22,23,25,26). The van der Waals surface area contributed by atoms with Gasteiger partial charge in [-0.15, -0.1) is 0 Å². The van der Waals surface area contributed by atoms with E-state index < -0.39 is 11.3 Å². The van der Waals surface area contributed by atoms with Crippen molar-refractivity contribution < 1.29 is 9.90 Å². The van der Waals surface area contributed by atoms with E-state index in [1.807, 2.05) is 13.0 Å². The average Bonchev–Trinajstić information content (AvgIpc) is 3.01. The monoisotopic (exact) mass is 398 g/mol. The van der Waals surface area contributed by atoms with Crippen LogP contribution in [-0.4, -0.2) is 48.7 Å². The minimum Gasteiger partial charge on any atom is -0.395 e. The number of nitrogens with one attached hydrogen (secondary N) is 2. The van der Waals surface area contributed by atoms with Gasteiger partial charge >= 0.3 is 0 Å². The second-order valence-corrected chi connectivity index (χ2v) is 7.51. The number of hydrogen-bond acceptors (Lipinski definition) is 8. The Morgan fingerprint density at radius 2 is 2.07 bits per heavy atom. The molecule has 0 aliphatic heterocycles. The van der Waals surface area contributed by atoms with Crippen LogP contribution in [0.25, 0.3) is 11.0 Å². The summed E-state index contributed by atoms with van der Waals surface area (Å²) in [7, 11) is 0. The summed E-state index contributed by atoms with van der Waals surface area (Å²) in [6.07, 6.45) is 3.31. The average molecular weight is 398 g/mol. The lowest BCUT2D eigenvalue weighted by molar-refractivity contribution is -0.128. The summed E-state index contributed by atoms with van der Waals surface area (Å²) in [5.41, 5.74) is 6.07. The number of nitrogens with two attached hydrogens (primary N) is 1. The van der Waals surface area contributed by atoms with Crippen molar-refractivity contribution in [3.8, 4) is 0 Å². The van der Waals surface area contributed by atoms with E-state index in [1.54, 1.807) is 25.4 Å². The van der Waals surface area contributed by atoms with E-state index >= 15 is 0 Å². The number of aliphatic hydroxyl groups excluding tert-OH is 1. The molecule has 10 nitrogen and oxygen atoms in total. The highest BCUT2D eigenvalue weighted by molar-refractivity contribution is 5.81. The Bertz CT molecular complexity index is 1030. The molecule has 5 N–H and O–H groups in total. The van der Waals surface area contributed by atoms with Gasteiger partial charge in [-0.25, -0.2) is 15.0 Å². The van der Waals surface area contributed by atoms with Crippen LogP contribution < -0.4 is 16.4 Å². The third-order valence-electron chi connectivity index (χ3n) is 4.76. The number of imidazole rings is 1. The molecule has 29 heavy (non-hydrogen) atoms. The van der Waals surface area contributed by atoms with Gasteiger partial charge in [-0.2, -0.15) is 4.98 Å². The first-order chi connectivity index (χ1) is 13.7. The Labute approximate surface area is 168 Å². The predicted octanol–water partition coefficient (Wildman–Crippen LogP) is 1.75. The van der Waals surface area contributed by atoms with Crippen LogP contribution in [0.15, 0.2) is 24.5 Å². The number of anilines is 3. The zero-order valence-corrected chi connectivity index (χ0v) is 17.0. The lowest BCUT2D eigenvalue weighted by Gasteiger charge is -2.23. The first-order valence-electron chi connectivity index (χ1n) is 9.33. The first-order valence-corrected chi connectivity index (χ1v) is 9.33. The molecule has 3 aromatic heterocycles. The molecule has 1 unspecified atom stereocenters. The molecule has 0 aromatic carbocycles. The second-order valence-electron chi connectivity index (χ2n) is 7.51. The Kier molecular flexibility index (Phi) is 5.64. The van der Waals surface area contributed by atoms with Gasteiger partial charge in [0.15, 0.2) is 0 Å². The Morgan fingerprint density at radius 1 is 1.31 bits per heavy atom. The predicted molar refractivity (Wildman–Crippen MR) is 111 cm³/mol. The van der Waals surface area contributed by atoms with Crippen molar-refractivity contribution in [2.24, 2.45) is 11.1 Å². The minimum atomic E-state index is -1.10. The van der Waals surface area contributed by atoms with E-state index in [2.05, 4.69) is 49.0 Å². The van der Waals surface area contributed by atoms with Gasteiger partial charge in [0.25, 0.3) is 0 Å². The topological polar surface area (TPSA) is 144 Å². The number of carbonyl (C=O) groups is 1. The molecule has 0 radical (unpaired) electrons. The molecular weight excluding hydrogens is 372 g/mol. The maximum atomic E-state index is 11.5. The molecule has 0 aliphatic carbocycles. The number of amides is 1. The maximum Gasteiger partial charge on any atom is 0.227 e. The SMILES string of the molecule is Cc1nc2cnc(Nc3ccnc(NCC(C)(CO)C(N)=O)n3)cc2n1C(C)C. The van der Waals surface area contributed by atoms with Crippen LogP contribution in [0.3, 0.4) is 0 Å². The molecule has 10 heteroatoms. The summed E-state index contributed by atoms with van der Waals surface area (Å²) >= 11 is 0. The lowest BCUT2D eigenvalue weighted by atomic mass is 9.91. The van der Waals surface area contributed by atoms with E-state index in [4.69, 9.17) is 5.73 Å². The van der Waals surface area contributed by atoms with Crippen molar-refractivity contribution >= 4 is 34.5 Å². The van der Waals surface area contributed by atoms with E-state index in [0.717, 1.165) is 16.9 Å². The van der Waals surface area contributed by atoms with Crippen LogP contribution in [0.2, 0.25) is 0 Å². The molecule has 3 heterocycles. The fourth-order valence-corrected chi connectivity index (χ4v) is 2.98. The quantitative estimate of drug-likeness (QED) is 0.449. The largest absolute Gasteiger partial charge is 0.395 e. The third-order valence-corrected chi connectivity index (χ3v) is 4.76. The van der Waals surface area contributed by atoms with Crippen LogP contribution in [0, 0.1) is 12.3 Å². The highest BCUT2D eigenvalue weighted by Crippen LogP contribution is 2.24. The molecule has 0 saturated heterocycles. The van der Waals surface area contributed by atoms with Crippen molar-refractivity contribution in [3.05, 3.63) is 30.4 Å². The number of pyridine rings is 1. The van der Waals surface area contributed by atoms with Gasteiger partial charge in [0.1, 0.15) is 23.0 Å². The zero-order valence-electron chi connectivity index (χ0n) is 17.0. The number of primary amides is 1. The van der Waals surface area contributed by atoms with Crippen LogP contribution in [0.4, 0.5) is 17.6 Å². The number of carbonyl (C=O) groups excluding carboxylic acids is 1. The summed E-state index contributed by atoms with van der Waals surface area (Å²) in [6, 6.07) is 3.91. The molecule has 1 amide bonds. The van der Waals surface area contributed by atoms with Crippen molar-refractivity contribution in [1.82, 2.24) is 24.5 Å². The number of rotatable bonds is 8. The Hall–Kier alpha value is -3.27. The highest BCUT2D eigenvalue weighted by atomic mass is 16.3. The minimum absolute atomic E-state index is 0.110. The fourth-order valence-electron chi connectivity index (χ4n) is 2.98. The molecule has 3 aromatic rings. The Balaban J connectivity index is 1.80. The summed E-state index contributed by atoms with van der Waals surface area (Å²) in [4.78, 5) is 29.0. The second kappa shape index (κ2) is 8.00. The van der Waals surface area contributed by atoms with E-state index in [0.29, 0.717) is 17.6 Å². The van der Waals surface area contributed by atoms with Crippen LogP contribution >= 0.6 is 0 Å². The summed E-state index contributed by atoms with van der Waals surface area (Å²) in [6.45, 7) is 7.50. The van der Waals surface area contributed by atoms with Gasteiger partial charge in [-0.3, -0.25) is 4.79 Å². The molecule has 0 fully saturated rings. The van der Waals surface area contributed by atoms with E-state index in [9.17, 15) is 9.90 Å². The molecular formula is C19H26N8O2. The van der Waals surface area contributed by atoms with E-state index in [1.165, 1.54) is 0 Å². The number of aliphatic hydroxyl groups is 1. The molecule has 1 atom stereocenters. The number of aryl methyl sites for hydroxylation is 1. The van der Waals surface area contributed by atoms with Crippen LogP contribution in [0.5, 0.6) is 0 Å². The maximum absolute atomic E-state index is 11.5. The van der Waals surface area contributed by atoms with Gasteiger partial charge in [-0.05, 0) is 33.8 Å². The molecule has 0 saturated carbocycles. The van der Waals surface area contributed by atoms with Crippen LogP contribution in [-0.2, 0) is 4.79 Å². The molecule has 154 valence electrons.